The Morgan fingerprint density at radius 2 is 1.45 bits per heavy atom. The molecule has 6 rings (SSSR count). The maximum absolute atomic E-state index is 13.9. The number of fused-ring (bicyclic) bond motifs is 1. The number of carbonyl (C=O) groups is 1. The number of ether oxygens (including phenoxy) is 1. The number of aliphatic hydroxyl groups excluding tert-OH is 1. The Kier molecular flexibility index (Phi) is 10.1. The van der Waals surface area contributed by atoms with Crippen molar-refractivity contribution >= 4 is 29.2 Å². The van der Waals surface area contributed by atoms with Crippen LogP contribution in [0.2, 0.25) is 5.15 Å². The van der Waals surface area contributed by atoms with Gasteiger partial charge in [-0.2, -0.15) is 5.10 Å². The smallest absolute Gasteiger partial charge is 0.309 e. The van der Waals surface area contributed by atoms with Crippen LogP contribution in [0.1, 0.15) is 60.1 Å². The molecule has 0 saturated heterocycles. The van der Waals surface area contributed by atoms with Gasteiger partial charge in [0.1, 0.15) is 11.0 Å². The summed E-state index contributed by atoms with van der Waals surface area (Å²) in [5.74, 6) is -1.05. The first kappa shape index (κ1) is 33.8. The lowest BCUT2D eigenvalue weighted by Gasteiger charge is -2.37. The normalized spacial score (nSPS) is 13.2. The molecule has 2 aromatic heterocycles. The highest BCUT2D eigenvalue weighted by Gasteiger charge is 2.44. The number of esters is 1. The molecule has 0 aliphatic heterocycles. The maximum atomic E-state index is 13.9. The van der Waals surface area contributed by atoms with Crippen LogP contribution in [0.15, 0.2) is 133 Å². The van der Waals surface area contributed by atoms with E-state index in [9.17, 15) is 19.4 Å². The molecule has 0 amide bonds. The summed E-state index contributed by atoms with van der Waals surface area (Å²) in [7, 11) is 0. The van der Waals surface area contributed by atoms with Gasteiger partial charge in [-0.05, 0) is 64.6 Å². The van der Waals surface area contributed by atoms with Crippen molar-refractivity contribution < 1.29 is 24.1 Å². The Morgan fingerprint density at radius 1 is 0.878 bits per heavy atom. The Hall–Kier alpha value is -5.08. The third-order valence-corrected chi connectivity index (χ3v) is 8.83. The van der Waals surface area contributed by atoms with Crippen molar-refractivity contribution in [1.82, 2.24) is 9.61 Å². The number of hydrogen-bond acceptors (Lipinski definition) is 5. The minimum Gasteiger partial charge on any atom is -0.454 e. The molecular weight excluding hydrogens is 639 g/mol. The quantitative estimate of drug-likeness (QED) is 0.134. The molecule has 8 heteroatoms. The van der Waals surface area contributed by atoms with Crippen molar-refractivity contribution in [3.63, 3.8) is 0 Å². The van der Waals surface area contributed by atoms with E-state index >= 15 is 0 Å². The van der Waals surface area contributed by atoms with Gasteiger partial charge < -0.3 is 14.9 Å². The fourth-order valence-corrected chi connectivity index (χ4v) is 6.42. The van der Waals surface area contributed by atoms with Crippen molar-refractivity contribution in [2.24, 2.45) is 0 Å². The summed E-state index contributed by atoms with van der Waals surface area (Å²) in [6.45, 7) is 4.08. The first-order valence-electron chi connectivity index (χ1n) is 16.1. The van der Waals surface area contributed by atoms with Gasteiger partial charge in [-0.15, -0.1) is 0 Å². The van der Waals surface area contributed by atoms with Crippen LogP contribution in [-0.4, -0.2) is 31.9 Å². The highest BCUT2D eigenvalue weighted by molar-refractivity contribution is 6.30. The van der Waals surface area contributed by atoms with E-state index in [2.05, 4.69) is 0 Å². The molecule has 0 fully saturated rings. The number of benzene rings is 4. The zero-order valence-electron chi connectivity index (χ0n) is 27.1. The molecule has 0 bridgehead atoms. The van der Waals surface area contributed by atoms with Crippen LogP contribution in [0.3, 0.4) is 0 Å². The Labute approximate surface area is 289 Å². The zero-order chi connectivity index (χ0) is 34.5. The standard InChI is InChI=1S/C41H36ClFN2O4/c1-27(2)38-34(39(28-18-20-32(43)21-19-28)44-45-35(38)24-25-36(45)42)23-22-33(46)26-37(47)49-40(29-12-6-3-7-13-29)41(48,30-14-8-4-9-15-30)31-16-10-5-11-17-31/h3-25,27,33,40,46,48H,26H2,1-2H3/t33-,40+/m1/s1. The Morgan fingerprint density at radius 3 is 2.02 bits per heavy atom. The van der Waals surface area contributed by atoms with Gasteiger partial charge in [0.25, 0.3) is 0 Å². The van der Waals surface area contributed by atoms with E-state index in [-0.39, 0.29) is 18.2 Å². The van der Waals surface area contributed by atoms with Crippen LogP contribution < -0.4 is 0 Å². The predicted molar refractivity (Wildman–Crippen MR) is 191 cm³/mol. The SMILES string of the molecule is CC(C)c1c(C=C[C@@H](O)CC(=O)O[C@@H](c2ccccc2)C(O)(c2ccccc2)c2ccccc2)c(-c2ccc(F)cc2)nn2c(Cl)ccc12. The van der Waals surface area contributed by atoms with Crippen molar-refractivity contribution in [2.75, 3.05) is 0 Å². The summed E-state index contributed by atoms with van der Waals surface area (Å²) in [5, 5.41) is 28.9. The number of hydrogen-bond donors (Lipinski definition) is 2. The second-order valence-corrected chi connectivity index (χ2v) is 12.6. The Balaban J connectivity index is 1.34. The van der Waals surface area contributed by atoms with Crippen molar-refractivity contribution in [1.29, 1.82) is 0 Å². The third-order valence-electron chi connectivity index (χ3n) is 8.55. The molecule has 49 heavy (non-hydrogen) atoms. The average Bonchev–Trinajstić information content (AvgIpc) is 3.49. The summed E-state index contributed by atoms with van der Waals surface area (Å²) < 4.78 is 21.6. The van der Waals surface area contributed by atoms with E-state index in [1.807, 2.05) is 74.5 Å². The maximum Gasteiger partial charge on any atom is 0.309 e. The van der Waals surface area contributed by atoms with Gasteiger partial charge in [0, 0.05) is 11.1 Å². The van der Waals surface area contributed by atoms with Gasteiger partial charge in [-0.25, -0.2) is 8.91 Å². The number of nitrogens with zero attached hydrogens (tertiary/aromatic N) is 2. The first-order chi connectivity index (χ1) is 23.7. The van der Waals surface area contributed by atoms with Crippen LogP contribution in [0.25, 0.3) is 22.9 Å². The molecule has 0 saturated carbocycles. The molecule has 6 aromatic rings. The van der Waals surface area contributed by atoms with Crippen molar-refractivity contribution in [3.05, 3.63) is 172 Å². The molecule has 2 atom stereocenters. The highest BCUT2D eigenvalue weighted by Crippen LogP contribution is 2.43. The summed E-state index contributed by atoms with van der Waals surface area (Å²) >= 11 is 6.48. The van der Waals surface area contributed by atoms with Crippen LogP contribution in [0.4, 0.5) is 4.39 Å². The second kappa shape index (κ2) is 14.6. The lowest BCUT2D eigenvalue weighted by atomic mass is 9.79. The predicted octanol–water partition coefficient (Wildman–Crippen LogP) is 8.90. The monoisotopic (exact) mass is 674 g/mol. The fourth-order valence-electron chi connectivity index (χ4n) is 6.23. The minimum absolute atomic E-state index is 0.0257. The van der Waals surface area contributed by atoms with Crippen LogP contribution >= 0.6 is 11.6 Å². The number of rotatable bonds is 11. The average molecular weight is 675 g/mol. The van der Waals surface area contributed by atoms with E-state index in [0.29, 0.717) is 38.7 Å². The number of aliphatic hydroxyl groups is 2. The van der Waals surface area contributed by atoms with Crippen LogP contribution in [0, 0.1) is 5.82 Å². The molecule has 0 aliphatic rings. The number of carbonyl (C=O) groups excluding carboxylic acids is 1. The lowest BCUT2D eigenvalue weighted by molar-refractivity contribution is -0.165. The molecule has 4 aromatic carbocycles. The van der Waals surface area contributed by atoms with Gasteiger partial charge in [0.15, 0.2) is 11.7 Å². The third kappa shape index (κ3) is 7.06. The molecule has 0 aliphatic carbocycles. The van der Waals surface area contributed by atoms with Crippen molar-refractivity contribution in [2.45, 2.75) is 44.0 Å². The molecule has 0 spiro atoms. The molecule has 0 radical (unpaired) electrons. The van der Waals surface area contributed by atoms with Gasteiger partial charge in [0.2, 0.25) is 0 Å². The molecule has 2 N–H and O–H groups in total. The minimum atomic E-state index is -1.74. The molecule has 6 nitrogen and oxygen atoms in total. The number of halogens is 2. The summed E-state index contributed by atoms with van der Waals surface area (Å²) in [6, 6.07) is 36.9. The summed E-state index contributed by atoms with van der Waals surface area (Å²) in [6.07, 6.45) is 0.508. The zero-order valence-corrected chi connectivity index (χ0v) is 27.8. The topological polar surface area (TPSA) is 84.1 Å². The molecule has 2 heterocycles. The highest BCUT2D eigenvalue weighted by atomic mass is 35.5. The summed E-state index contributed by atoms with van der Waals surface area (Å²) in [5.41, 5.74) is 3.58. The lowest BCUT2D eigenvalue weighted by Crippen LogP contribution is -2.38. The van der Waals surface area contributed by atoms with Gasteiger partial charge in [-0.1, -0.05) is 129 Å². The van der Waals surface area contributed by atoms with E-state index in [0.717, 1.165) is 11.1 Å². The Bertz CT molecular complexity index is 2020. The fraction of sp³-hybridized carbons (Fsp3) is 0.171. The largest absolute Gasteiger partial charge is 0.454 e. The molecular formula is C41H36ClFN2O4. The van der Waals surface area contributed by atoms with Gasteiger partial charge >= 0.3 is 5.97 Å². The number of aromatic nitrogens is 2. The van der Waals surface area contributed by atoms with E-state index < -0.39 is 23.8 Å². The van der Waals surface area contributed by atoms with Crippen LogP contribution in [0.5, 0.6) is 0 Å². The summed E-state index contributed by atoms with van der Waals surface area (Å²) in [4.78, 5) is 13.6. The van der Waals surface area contributed by atoms with Crippen molar-refractivity contribution in [3.8, 4) is 11.3 Å². The van der Waals surface area contributed by atoms with Gasteiger partial charge in [0.05, 0.1) is 23.7 Å². The van der Waals surface area contributed by atoms with E-state index in [1.54, 1.807) is 65.2 Å². The van der Waals surface area contributed by atoms with Gasteiger partial charge in [-0.3, -0.25) is 4.79 Å². The second-order valence-electron chi connectivity index (χ2n) is 12.2. The van der Waals surface area contributed by atoms with E-state index in [1.165, 1.54) is 18.2 Å². The first-order valence-corrected chi connectivity index (χ1v) is 16.5. The van der Waals surface area contributed by atoms with E-state index in [4.69, 9.17) is 21.4 Å². The molecule has 248 valence electrons. The molecule has 0 unspecified atom stereocenters. The van der Waals surface area contributed by atoms with Crippen LogP contribution in [-0.2, 0) is 15.1 Å².